The SMILES string of the molecule is COCCOCCOc1ccnc(-c2cc(OCCOCCOC)ccn2)c1. The van der Waals surface area contributed by atoms with Crippen LogP contribution in [0.1, 0.15) is 0 Å². The molecule has 2 aromatic heterocycles. The van der Waals surface area contributed by atoms with E-state index in [2.05, 4.69) is 9.97 Å². The van der Waals surface area contributed by atoms with Gasteiger partial charge in [0, 0.05) is 38.7 Å². The summed E-state index contributed by atoms with van der Waals surface area (Å²) < 4.78 is 32.0. The quantitative estimate of drug-likeness (QED) is 0.427. The van der Waals surface area contributed by atoms with E-state index in [1.807, 2.05) is 12.1 Å². The number of hydrogen-bond donors (Lipinski definition) is 0. The van der Waals surface area contributed by atoms with Gasteiger partial charge in [-0.3, -0.25) is 9.97 Å². The Kier molecular flexibility index (Phi) is 10.9. The van der Waals surface area contributed by atoms with Crippen molar-refractivity contribution in [1.82, 2.24) is 9.97 Å². The second-order valence-electron chi connectivity index (χ2n) is 5.66. The lowest BCUT2D eigenvalue weighted by Gasteiger charge is -2.10. The van der Waals surface area contributed by atoms with Gasteiger partial charge in [-0.15, -0.1) is 0 Å². The number of ether oxygens (including phenoxy) is 6. The molecule has 0 aliphatic rings. The molecule has 0 radical (unpaired) electrons. The topological polar surface area (TPSA) is 81.2 Å². The predicted molar refractivity (Wildman–Crippen MR) is 104 cm³/mol. The Bertz CT molecular complexity index is 613. The van der Waals surface area contributed by atoms with Gasteiger partial charge in [-0.1, -0.05) is 0 Å². The molecule has 0 N–H and O–H groups in total. The summed E-state index contributed by atoms with van der Waals surface area (Å²) in [7, 11) is 3.28. The second-order valence-corrected chi connectivity index (χ2v) is 5.66. The minimum Gasteiger partial charge on any atom is -0.491 e. The Morgan fingerprint density at radius 1 is 0.607 bits per heavy atom. The standard InChI is InChI=1S/C20H28N2O6/c1-23-7-9-25-11-13-27-17-3-5-21-19(15-17)20-16-18(4-6-22-20)28-14-12-26-10-8-24-2/h3-6,15-16H,7-14H2,1-2H3. The fourth-order valence-electron chi connectivity index (χ4n) is 2.21. The van der Waals surface area contributed by atoms with Crippen LogP contribution in [0.3, 0.4) is 0 Å². The van der Waals surface area contributed by atoms with Crippen LogP contribution in [0.25, 0.3) is 11.4 Å². The lowest BCUT2D eigenvalue weighted by atomic mass is 10.2. The van der Waals surface area contributed by atoms with Crippen molar-refractivity contribution in [2.24, 2.45) is 0 Å². The summed E-state index contributed by atoms with van der Waals surface area (Å²) in [6, 6.07) is 7.29. The van der Waals surface area contributed by atoms with Gasteiger partial charge in [0.25, 0.3) is 0 Å². The smallest absolute Gasteiger partial charge is 0.123 e. The van der Waals surface area contributed by atoms with Crippen molar-refractivity contribution < 1.29 is 28.4 Å². The average Bonchev–Trinajstić information content (AvgIpc) is 2.73. The molecule has 8 nitrogen and oxygen atoms in total. The monoisotopic (exact) mass is 392 g/mol. The fraction of sp³-hybridized carbons (Fsp3) is 0.500. The van der Waals surface area contributed by atoms with Crippen LogP contribution in [0.15, 0.2) is 36.7 Å². The van der Waals surface area contributed by atoms with Crippen LogP contribution in [-0.2, 0) is 18.9 Å². The molecular weight excluding hydrogens is 364 g/mol. The van der Waals surface area contributed by atoms with Crippen LogP contribution in [0.5, 0.6) is 11.5 Å². The third kappa shape index (κ3) is 8.62. The molecule has 0 aliphatic carbocycles. The number of rotatable bonds is 15. The minimum absolute atomic E-state index is 0.451. The Hall–Kier alpha value is -2.26. The first-order chi connectivity index (χ1) is 13.8. The Balaban J connectivity index is 1.82. The molecule has 2 aromatic rings. The van der Waals surface area contributed by atoms with E-state index in [9.17, 15) is 0 Å². The first-order valence-electron chi connectivity index (χ1n) is 9.15. The molecule has 2 rings (SSSR count). The van der Waals surface area contributed by atoms with Gasteiger partial charge in [0.15, 0.2) is 0 Å². The van der Waals surface area contributed by atoms with Crippen molar-refractivity contribution in [2.45, 2.75) is 0 Å². The third-order valence-electron chi connectivity index (χ3n) is 3.58. The molecule has 0 spiro atoms. The first kappa shape index (κ1) is 22.0. The van der Waals surface area contributed by atoms with Crippen LogP contribution in [0, 0.1) is 0 Å². The second kappa shape index (κ2) is 13.8. The Morgan fingerprint density at radius 3 is 1.46 bits per heavy atom. The maximum absolute atomic E-state index is 5.70. The molecule has 2 heterocycles. The number of hydrogen-bond acceptors (Lipinski definition) is 8. The van der Waals surface area contributed by atoms with Crippen molar-refractivity contribution in [3.05, 3.63) is 36.7 Å². The summed E-state index contributed by atoms with van der Waals surface area (Å²) in [4.78, 5) is 8.73. The number of methoxy groups -OCH3 is 2. The van der Waals surface area contributed by atoms with Crippen molar-refractivity contribution in [1.29, 1.82) is 0 Å². The number of pyridine rings is 2. The van der Waals surface area contributed by atoms with Crippen LogP contribution in [0.4, 0.5) is 0 Å². The molecular formula is C20H28N2O6. The number of aromatic nitrogens is 2. The van der Waals surface area contributed by atoms with E-state index in [1.54, 1.807) is 38.7 Å². The molecule has 0 atom stereocenters. The minimum atomic E-state index is 0.451. The highest BCUT2D eigenvalue weighted by atomic mass is 16.5. The van der Waals surface area contributed by atoms with Gasteiger partial charge in [-0.2, -0.15) is 0 Å². The molecule has 0 amide bonds. The van der Waals surface area contributed by atoms with Gasteiger partial charge < -0.3 is 28.4 Å². The largest absolute Gasteiger partial charge is 0.491 e. The molecule has 28 heavy (non-hydrogen) atoms. The van der Waals surface area contributed by atoms with Gasteiger partial charge in [-0.05, 0) is 12.1 Å². The first-order valence-corrected chi connectivity index (χ1v) is 9.15. The highest BCUT2D eigenvalue weighted by Gasteiger charge is 2.05. The predicted octanol–water partition coefficient (Wildman–Crippen LogP) is 2.23. The highest BCUT2D eigenvalue weighted by Crippen LogP contribution is 2.23. The van der Waals surface area contributed by atoms with Crippen molar-refractivity contribution in [3.8, 4) is 22.9 Å². The molecule has 0 bridgehead atoms. The summed E-state index contributed by atoms with van der Waals surface area (Å²) in [6.07, 6.45) is 3.38. The summed E-state index contributed by atoms with van der Waals surface area (Å²) in [5.74, 6) is 1.42. The molecule has 0 saturated carbocycles. The number of nitrogens with zero attached hydrogens (tertiary/aromatic N) is 2. The van der Waals surface area contributed by atoms with Gasteiger partial charge in [0.1, 0.15) is 24.7 Å². The molecule has 0 unspecified atom stereocenters. The molecule has 0 aromatic carbocycles. The zero-order valence-electron chi connectivity index (χ0n) is 16.5. The van der Waals surface area contributed by atoms with Crippen LogP contribution in [-0.4, -0.2) is 77.0 Å². The lowest BCUT2D eigenvalue weighted by Crippen LogP contribution is -2.10. The van der Waals surface area contributed by atoms with Gasteiger partial charge in [-0.25, -0.2) is 0 Å². The normalized spacial score (nSPS) is 10.8. The van der Waals surface area contributed by atoms with Gasteiger partial charge >= 0.3 is 0 Å². The zero-order chi connectivity index (χ0) is 19.9. The van der Waals surface area contributed by atoms with Crippen molar-refractivity contribution >= 4 is 0 Å². The van der Waals surface area contributed by atoms with Gasteiger partial charge in [0.05, 0.1) is 51.0 Å². The summed E-state index contributed by atoms with van der Waals surface area (Å²) >= 11 is 0. The summed E-state index contributed by atoms with van der Waals surface area (Å²) in [5, 5.41) is 0. The van der Waals surface area contributed by atoms with Crippen molar-refractivity contribution in [3.63, 3.8) is 0 Å². The van der Waals surface area contributed by atoms with Crippen molar-refractivity contribution in [2.75, 3.05) is 67.1 Å². The summed E-state index contributed by atoms with van der Waals surface area (Å²) in [5.41, 5.74) is 1.42. The Labute approximate surface area is 165 Å². The van der Waals surface area contributed by atoms with E-state index < -0.39 is 0 Å². The lowest BCUT2D eigenvalue weighted by molar-refractivity contribution is 0.0544. The van der Waals surface area contributed by atoms with Crippen LogP contribution in [0.2, 0.25) is 0 Å². The summed E-state index contributed by atoms with van der Waals surface area (Å²) in [6.45, 7) is 4.14. The molecule has 0 fully saturated rings. The fourth-order valence-corrected chi connectivity index (χ4v) is 2.21. The molecule has 154 valence electrons. The van der Waals surface area contributed by atoms with Crippen LogP contribution < -0.4 is 9.47 Å². The zero-order valence-corrected chi connectivity index (χ0v) is 16.5. The van der Waals surface area contributed by atoms with E-state index in [0.717, 1.165) is 0 Å². The highest BCUT2D eigenvalue weighted by molar-refractivity contribution is 5.57. The van der Waals surface area contributed by atoms with E-state index in [4.69, 9.17) is 28.4 Å². The molecule has 0 saturated heterocycles. The van der Waals surface area contributed by atoms with E-state index in [0.29, 0.717) is 75.7 Å². The van der Waals surface area contributed by atoms with Crippen LogP contribution >= 0.6 is 0 Å². The molecule has 8 heteroatoms. The average molecular weight is 392 g/mol. The maximum atomic E-state index is 5.70. The van der Waals surface area contributed by atoms with E-state index in [1.165, 1.54) is 0 Å². The third-order valence-corrected chi connectivity index (χ3v) is 3.58. The Morgan fingerprint density at radius 2 is 1.04 bits per heavy atom. The van der Waals surface area contributed by atoms with E-state index >= 15 is 0 Å². The maximum Gasteiger partial charge on any atom is 0.123 e. The van der Waals surface area contributed by atoms with Gasteiger partial charge in [0.2, 0.25) is 0 Å². The molecule has 0 aliphatic heterocycles. The van der Waals surface area contributed by atoms with E-state index in [-0.39, 0.29) is 0 Å².